The molecule has 1 aromatic heterocycles. The molecule has 1 aromatic rings. The van der Waals surface area contributed by atoms with Crippen LogP contribution in [0.4, 0.5) is 4.39 Å². The molecule has 2 saturated carbocycles. The number of carbonyl (C=O) groups excluding carboxylic acids is 1. The van der Waals surface area contributed by atoms with Gasteiger partial charge in [-0.2, -0.15) is 12.7 Å². The molecule has 29 heavy (non-hydrogen) atoms. The van der Waals surface area contributed by atoms with Crippen LogP contribution in [-0.4, -0.2) is 61.9 Å². The molecule has 0 radical (unpaired) electrons. The largest absolute Gasteiger partial charge is 0.391 e. The van der Waals surface area contributed by atoms with Crippen molar-refractivity contribution in [2.24, 2.45) is 11.8 Å². The number of carbonyl (C=O) groups is 1. The number of alkyl halides is 1. The monoisotopic (exact) mass is 464 g/mol. The van der Waals surface area contributed by atoms with Crippen LogP contribution in [0.2, 0.25) is 0 Å². The fraction of sp³-hybridized carbons (Fsp3) is 0.722. The molecule has 1 aliphatic heterocycles. The summed E-state index contributed by atoms with van der Waals surface area (Å²) in [7, 11) is -6.46. The number of aliphatic hydroxyl groups is 1. The Balaban J connectivity index is 1.56. The van der Waals surface area contributed by atoms with Gasteiger partial charge in [0, 0.05) is 4.88 Å². The van der Waals surface area contributed by atoms with E-state index >= 15 is 4.39 Å². The molecule has 6 unspecified atom stereocenters. The second-order valence-corrected chi connectivity index (χ2v) is 15.0. The standard InChI is InChI=1S/C18H26FN2O5PS2/c1-27(2,24)16-6-5-14(28-16)11-4-3-10-8-13(22)18(17(19)12(10)7-11)21-9-15(23)20-29(21,25)26/h5-6,10-13,17-18,22H,3-4,7-9H2,1-2H3,(H,20,23). The first-order valence-corrected chi connectivity index (χ1v) is 14.6. The normalized spacial score (nSPS) is 37.9. The molecule has 7 nitrogen and oxygen atoms in total. The first-order chi connectivity index (χ1) is 13.5. The summed E-state index contributed by atoms with van der Waals surface area (Å²) in [5.41, 5.74) is 0. The Morgan fingerprint density at radius 1 is 1.28 bits per heavy atom. The predicted octanol–water partition coefficient (Wildman–Crippen LogP) is 1.64. The maximum absolute atomic E-state index is 15.6. The van der Waals surface area contributed by atoms with Crippen molar-refractivity contribution in [1.29, 1.82) is 0 Å². The van der Waals surface area contributed by atoms with Gasteiger partial charge in [0.1, 0.15) is 13.3 Å². The topological polar surface area (TPSA) is 104 Å². The predicted molar refractivity (Wildman–Crippen MR) is 110 cm³/mol. The van der Waals surface area contributed by atoms with Gasteiger partial charge in [-0.05, 0) is 68.9 Å². The minimum absolute atomic E-state index is 0.00986. The lowest BCUT2D eigenvalue weighted by molar-refractivity contribution is -0.119. The zero-order valence-corrected chi connectivity index (χ0v) is 18.9. The van der Waals surface area contributed by atoms with E-state index in [9.17, 15) is 22.9 Å². The van der Waals surface area contributed by atoms with Crippen molar-refractivity contribution >= 4 is 39.2 Å². The van der Waals surface area contributed by atoms with Gasteiger partial charge in [0.25, 0.3) is 0 Å². The molecule has 4 rings (SSSR count). The summed E-state index contributed by atoms with van der Waals surface area (Å²) < 4.78 is 55.8. The van der Waals surface area contributed by atoms with Crippen molar-refractivity contribution in [3.63, 3.8) is 0 Å². The summed E-state index contributed by atoms with van der Waals surface area (Å²) in [6, 6.07) is 2.62. The molecule has 1 amide bonds. The van der Waals surface area contributed by atoms with Gasteiger partial charge in [-0.15, -0.1) is 11.3 Å². The Kier molecular flexibility index (Phi) is 5.48. The number of hydrogen-bond acceptors (Lipinski definition) is 6. The number of amides is 1. The van der Waals surface area contributed by atoms with Crippen LogP contribution in [0.5, 0.6) is 0 Å². The van der Waals surface area contributed by atoms with Crippen LogP contribution in [0.1, 0.15) is 36.5 Å². The number of halogens is 1. The molecule has 0 bridgehead atoms. The molecule has 2 heterocycles. The minimum Gasteiger partial charge on any atom is -0.391 e. The molecule has 1 saturated heterocycles. The van der Waals surface area contributed by atoms with Crippen molar-refractivity contribution in [3.8, 4) is 0 Å². The Labute approximate surface area is 174 Å². The quantitative estimate of drug-likeness (QED) is 0.662. The SMILES string of the molecule is CP(C)(=O)c1ccc(C2CCC3CC(O)C(N4CC(=O)NS4(=O)=O)C(F)C3C2)s1. The lowest BCUT2D eigenvalue weighted by Gasteiger charge is -2.47. The van der Waals surface area contributed by atoms with Gasteiger partial charge in [0.05, 0.1) is 23.3 Å². The highest BCUT2D eigenvalue weighted by atomic mass is 32.2. The van der Waals surface area contributed by atoms with Crippen LogP contribution >= 0.6 is 18.5 Å². The number of thiophene rings is 1. The van der Waals surface area contributed by atoms with E-state index in [1.165, 1.54) is 11.3 Å². The zero-order valence-electron chi connectivity index (χ0n) is 16.3. The maximum Gasteiger partial charge on any atom is 0.304 e. The van der Waals surface area contributed by atoms with Crippen molar-refractivity contribution in [3.05, 3.63) is 17.0 Å². The lowest BCUT2D eigenvalue weighted by Crippen LogP contribution is -2.58. The zero-order chi connectivity index (χ0) is 21.1. The fourth-order valence-corrected chi connectivity index (χ4v) is 8.91. The Bertz CT molecular complexity index is 961. The van der Waals surface area contributed by atoms with Gasteiger partial charge < -0.3 is 9.67 Å². The van der Waals surface area contributed by atoms with Crippen LogP contribution in [0.3, 0.4) is 0 Å². The van der Waals surface area contributed by atoms with E-state index in [1.54, 1.807) is 13.3 Å². The van der Waals surface area contributed by atoms with Gasteiger partial charge in [0.2, 0.25) is 5.91 Å². The highest BCUT2D eigenvalue weighted by molar-refractivity contribution is 7.88. The molecular formula is C18H26FN2O5PS2. The van der Waals surface area contributed by atoms with Gasteiger partial charge in [-0.25, -0.2) is 9.11 Å². The molecule has 3 aliphatic rings. The van der Waals surface area contributed by atoms with Crippen LogP contribution in [0.15, 0.2) is 12.1 Å². The average Bonchev–Trinajstić information content (AvgIpc) is 3.19. The number of hydrogen-bond donors (Lipinski definition) is 2. The van der Waals surface area contributed by atoms with E-state index in [-0.39, 0.29) is 17.8 Å². The first kappa shape index (κ1) is 21.4. The highest BCUT2D eigenvalue weighted by Gasteiger charge is 2.53. The number of fused-ring (bicyclic) bond motifs is 1. The van der Waals surface area contributed by atoms with E-state index in [1.807, 2.05) is 16.9 Å². The van der Waals surface area contributed by atoms with Gasteiger partial charge in [0.15, 0.2) is 0 Å². The number of aliphatic hydroxyl groups excluding tert-OH is 1. The summed E-state index contributed by atoms with van der Waals surface area (Å²) in [6.07, 6.45) is -0.168. The Morgan fingerprint density at radius 2 is 2.00 bits per heavy atom. The third kappa shape index (κ3) is 3.94. The third-order valence-corrected chi connectivity index (χ3v) is 11.8. The van der Waals surface area contributed by atoms with Gasteiger partial charge in [-0.3, -0.25) is 4.79 Å². The van der Waals surface area contributed by atoms with Crippen LogP contribution < -0.4 is 9.34 Å². The lowest BCUT2D eigenvalue weighted by atomic mass is 9.64. The Morgan fingerprint density at radius 3 is 2.59 bits per heavy atom. The maximum atomic E-state index is 15.6. The number of nitrogens with one attached hydrogen (secondary N) is 1. The highest BCUT2D eigenvalue weighted by Crippen LogP contribution is 2.50. The molecule has 162 valence electrons. The van der Waals surface area contributed by atoms with E-state index < -0.39 is 48.1 Å². The van der Waals surface area contributed by atoms with Gasteiger partial charge >= 0.3 is 10.2 Å². The molecule has 0 spiro atoms. The van der Waals surface area contributed by atoms with E-state index in [0.29, 0.717) is 12.8 Å². The molecule has 2 N–H and O–H groups in total. The average molecular weight is 465 g/mol. The van der Waals surface area contributed by atoms with Crippen molar-refractivity contribution < 1.29 is 27.3 Å². The first-order valence-electron chi connectivity index (χ1n) is 9.77. The van der Waals surface area contributed by atoms with Crippen LogP contribution in [0, 0.1) is 11.8 Å². The van der Waals surface area contributed by atoms with Crippen molar-refractivity contribution in [1.82, 2.24) is 9.03 Å². The molecule has 11 heteroatoms. The smallest absolute Gasteiger partial charge is 0.304 e. The fourth-order valence-electron chi connectivity index (χ4n) is 5.05. The number of nitrogens with zero attached hydrogens (tertiary/aromatic N) is 1. The van der Waals surface area contributed by atoms with Crippen LogP contribution in [-0.2, 0) is 19.6 Å². The Hall–Kier alpha value is -0.800. The van der Waals surface area contributed by atoms with Crippen LogP contribution in [0.25, 0.3) is 0 Å². The molecular weight excluding hydrogens is 438 g/mol. The summed E-state index contributed by atoms with van der Waals surface area (Å²) in [6.45, 7) is 3.01. The van der Waals surface area contributed by atoms with E-state index in [0.717, 1.165) is 26.6 Å². The number of rotatable bonds is 3. The van der Waals surface area contributed by atoms with Crippen molar-refractivity contribution in [2.45, 2.75) is 49.9 Å². The summed E-state index contributed by atoms with van der Waals surface area (Å²) in [5, 5.41) is 10.5. The van der Waals surface area contributed by atoms with Crippen molar-refractivity contribution in [2.75, 3.05) is 19.9 Å². The van der Waals surface area contributed by atoms with E-state index in [4.69, 9.17) is 0 Å². The molecule has 3 fully saturated rings. The third-order valence-electron chi connectivity index (χ3n) is 6.45. The second kappa shape index (κ2) is 7.41. The van der Waals surface area contributed by atoms with E-state index in [2.05, 4.69) is 0 Å². The second-order valence-electron chi connectivity index (χ2n) is 8.77. The molecule has 6 atom stereocenters. The van der Waals surface area contributed by atoms with Gasteiger partial charge in [-0.1, -0.05) is 0 Å². The molecule has 0 aromatic carbocycles. The summed E-state index contributed by atoms with van der Waals surface area (Å²) >= 11 is 1.52. The summed E-state index contributed by atoms with van der Waals surface area (Å²) in [5.74, 6) is -0.966. The minimum atomic E-state index is -4.11. The molecule has 2 aliphatic carbocycles. The summed E-state index contributed by atoms with van der Waals surface area (Å²) in [4.78, 5) is 12.7.